The van der Waals surface area contributed by atoms with E-state index in [-0.39, 0.29) is 0 Å². The lowest BCUT2D eigenvalue weighted by Crippen LogP contribution is -2.05. The Kier molecular flexibility index (Phi) is 4.61. The molecule has 4 heteroatoms. The molecule has 0 aliphatic heterocycles. The lowest BCUT2D eigenvalue weighted by atomic mass is 10.2. The highest BCUT2D eigenvalue weighted by atomic mass is 35.5. The van der Waals surface area contributed by atoms with Crippen LogP contribution < -0.4 is 0 Å². The summed E-state index contributed by atoms with van der Waals surface area (Å²) in [5.74, 6) is 0. The van der Waals surface area contributed by atoms with E-state index in [1.807, 2.05) is 42.2 Å². The number of halogens is 1. The highest BCUT2D eigenvalue weighted by Crippen LogP contribution is 2.20. The lowest BCUT2D eigenvalue weighted by Gasteiger charge is -2.12. The summed E-state index contributed by atoms with van der Waals surface area (Å²) in [6.07, 6.45) is 4.02. The van der Waals surface area contributed by atoms with E-state index in [4.69, 9.17) is 11.6 Å². The van der Waals surface area contributed by atoms with Gasteiger partial charge in [-0.25, -0.2) is 4.09 Å². The van der Waals surface area contributed by atoms with Crippen LogP contribution in [0.5, 0.6) is 0 Å². The molecule has 0 aliphatic rings. The molecule has 0 saturated carbocycles. The number of benzene rings is 1. The summed E-state index contributed by atoms with van der Waals surface area (Å²) in [6, 6.07) is 12.3. The van der Waals surface area contributed by atoms with Crippen LogP contribution in [0.25, 0.3) is 0 Å². The molecule has 0 spiro atoms. The largest absolute Gasteiger partial charge is 0.284 e. The van der Waals surface area contributed by atoms with Gasteiger partial charge in [0.25, 0.3) is 0 Å². The average molecular weight is 293 g/mol. The number of hydrogen-bond acceptors (Lipinski definition) is 1. The Bertz CT molecular complexity index is 613. The number of aryl methyl sites for hydroxylation is 3. The molecular weight excluding hydrogens is 276 g/mol. The van der Waals surface area contributed by atoms with Crippen LogP contribution in [0.15, 0.2) is 53.7 Å². The maximum Gasteiger partial charge on any atom is 0.0587 e. The molecule has 0 aliphatic carbocycles. The predicted octanol–water partition coefficient (Wildman–Crippen LogP) is 4.78. The van der Waals surface area contributed by atoms with E-state index in [0.717, 1.165) is 5.02 Å². The van der Waals surface area contributed by atoms with Crippen molar-refractivity contribution in [3.05, 3.63) is 64.9 Å². The fourth-order valence-electron chi connectivity index (χ4n) is 1.63. The zero-order valence-electron chi connectivity index (χ0n) is 11.3. The number of rotatable bonds is 2. The van der Waals surface area contributed by atoms with Crippen LogP contribution in [-0.2, 0) is 7.05 Å². The second-order valence-electron chi connectivity index (χ2n) is 4.43. The summed E-state index contributed by atoms with van der Waals surface area (Å²) in [6.45, 7) is 4.16. The van der Waals surface area contributed by atoms with Crippen molar-refractivity contribution in [1.82, 2.24) is 8.77 Å². The van der Waals surface area contributed by atoms with Crippen molar-refractivity contribution in [3.63, 3.8) is 0 Å². The molecule has 2 nitrogen and oxygen atoms in total. The van der Waals surface area contributed by atoms with Gasteiger partial charge in [0.1, 0.15) is 0 Å². The molecule has 2 aromatic rings. The van der Waals surface area contributed by atoms with Gasteiger partial charge in [-0.15, -0.1) is 0 Å². The molecule has 1 aromatic carbocycles. The van der Waals surface area contributed by atoms with Crippen molar-refractivity contribution in [3.8, 4) is 0 Å². The molecule has 1 aromatic heterocycles. The topological polar surface area (TPSA) is 9.86 Å². The lowest BCUT2D eigenvalue weighted by molar-refractivity contribution is 0.701. The highest BCUT2D eigenvalue weighted by Gasteiger charge is 1.99. The fraction of sp³-hybridized carbons (Fsp3) is 0.200. The number of nitrogens with zero attached hydrogens (tertiary/aromatic N) is 2. The van der Waals surface area contributed by atoms with Crippen LogP contribution in [0.2, 0.25) is 5.02 Å². The minimum Gasteiger partial charge on any atom is -0.284 e. The van der Waals surface area contributed by atoms with E-state index in [0.29, 0.717) is 0 Å². The number of hydrogen-bond donors (Lipinski definition) is 0. The number of aromatic nitrogens is 2. The molecule has 0 radical (unpaired) electrons. The van der Waals surface area contributed by atoms with Crippen molar-refractivity contribution in [1.29, 1.82) is 0 Å². The van der Waals surface area contributed by atoms with E-state index < -0.39 is 0 Å². The van der Waals surface area contributed by atoms with Gasteiger partial charge in [-0.05, 0) is 43.2 Å². The second kappa shape index (κ2) is 6.22. The molecule has 0 atom stereocenters. The van der Waals surface area contributed by atoms with Crippen molar-refractivity contribution in [2.75, 3.05) is 0 Å². The summed E-state index contributed by atoms with van der Waals surface area (Å²) >= 11 is 7.85. The van der Waals surface area contributed by atoms with Crippen LogP contribution in [0.4, 0.5) is 0 Å². The molecule has 0 fully saturated rings. The molecule has 0 bridgehead atoms. The predicted molar refractivity (Wildman–Crippen MR) is 83.2 cm³/mol. The van der Waals surface area contributed by atoms with E-state index in [2.05, 4.69) is 36.3 Å². The van der Waals surface area contributed by atoms with Gasteiger partial charge in [0.2, 0.25) is 0 Å². The summed E-state index contributed by atoms with van der Waals surface area (Å²) in [5.41, 5.74) is 2.37. The second-order valence-corrected chi connectivity index (χ2v) is 5.90. The van der Waals surface area contributed by atoms with Gasteiger partial charge >= 0.3 is 0 Å². The van der Waals surface area contributed by atoms with Crippen LogP contribution in [-0.4, -0.2) is 8.77 Å². The van der Waals surface area contributed by atoms with Gasteiger partial charge in [-0.3, -0.25) is 4.68 Å². The smallest absolute Gasteiger partial charge is 0.0587 e. The van der Waals surface area contributed by atoms with Gasteiger partial charge < -0.3 is 0 Å². The third kappa shape index (κ3) is 3.82. The third-order valence-electron chi connectivity index (χ3n) is 2.84. The maximum atomic E-state index is 6.20. The van der Waals surface area contributed by atoms with Crippen molar-refractivity contribution < 1.29 is 0 Å². The van der Waals surface area contributed by atoms with E-state index in [1.54, 1.807) is 11.9 Å². The quantitative estimate of drug-likeness (QED) is 0.774. The molecule has 0 N–H and O–H groups in total. The monoisotopic (exact) mass is 292 g/mol. The Morgan fingerprint density at radius 2 is 1.68 bits per heavy atom. The summed E-state index contributed by atoms with van der Waals surface area (Å²) in [4.78, 5) is 1.19. The Labute approximate surface area is 123 Å². The standard InChI is InChI=1S/C15H17ClN2S/c1-12-9-14(16)11-17(3)18(10-13(12)2)19-15-7-5-4-6-8-15/h4-11H,1-3H3. The van der Waals surface area contributed by atoms with Crippen LogP contribution in [0.3, 0.4) is 0 Å². The Hall–Kier alpha value is -1.32. The normalized spacial score (nSPS) is 10.3. The average Bonchev–Trinajstić information content (AvgIpc) is 2.37. The van der Waals surface area contributed by atoms with E-state index in [1.165, 1.54) is 16.0 Å². The molecule has 0 saturated heterocycles. The van der Waals surface area contributed by atoms with Crippen molar-refractivity contribution in [2.24, 2.45) is 7.05 Å². The first kappa shape index (κ1) is 14.1. The van der Waals surface area contributed by atoms with Crippen LogP contribution in [0, 0.1) is 13.8 Å². The highest BCUT2D eigenvalue weighted by molar-refractivity contribution is 7.97. The van der Waals surface area contributed by atoms with Crippen LogP contribution in [0.1, 0.15) is 11.1 Å². The molecule has 19 heavy (non-hydrogen) atoms. The molecule has 100 valence electrons. The SMILES string of the molecule is Cc1cc(Cl)cn(C)n(Sc2ccccc2)cc1C. The van der Waals surface area contributed by atoms with Gasteiger partial charge in [0, 0.05) is 36.3 Å². The Balaban J connectivity index is 2.51. The van der Waals surface area contributed by atoms with Crippen molar-refractivity contribution >= 4 is 23.5 Å². The third-order valence-corrected chi connectivity index (χ3v) is 4.08. The fourth-order valence-corrected chi connectivity index (χ4v) is 2.82. The summed E-state index contributed by atoms with van der Waals surface area (Å²) < 4.78 is 4.05. The minimum absolute atomic E-state index is 0.728. The van der Waals surface area contributed by atoms with Crippen LogP contribution >= 0.6 is 23.5 Å². The first-order valence-electron chi connectivity index (χ1n) is 6.05. The minimum atomic E-state index is 0.728. The summed E-state index contributed by atoms with van der Waals surface area (Å²) in [5, 5.41) is 0.728. The molecular formula is C15H17ClN2S. The first-order valence-corrected chi connectivity index (χ1v) is 7.21. The summed E-state index contributed by atoms with van der Waals surface area (Å²) in [7, 11) is 1.98. The molecule has 0 amide bonds. The first-order chi connectivity index (χ1) is 9.06. The van der Waals surface area contributed by atoms with Crippen molar-refractivity contribution in [2.45, 2.75) is 18.7 Å². The maximum absolute atomic E-state index is 6.20. The van der Waals surface area contributed by atoms with E-state index >= 15 is 0 Å². The van der Waals surface area contributed by atoms with Gasteiger partial charge in [-0.2, -0.15) is 0 Å². The Morgan fingerprint density at radius 3 is 2.37 bits per heavy atom. The van der Waals surface area contributed by atoms with Gasteiger partial charge in [0.15, 0.2) is 0 Å². The Morgan fingerprint density at radius 1 is 1.00 bits per heavy atom. The molecule has 0 unspecified atom stereocenters. The molecule has 2 rings (SSSR count). The molecule has 1 heterocycles. The zero-order chi connectivity index (χ0) is 13.8. The van der Waals surface area contributed by atoms with E-state index in [9.17, 15) is 0 Å². The van der Waals surface area contributed by atoms with Gasteiger partial charge in [-0.1, -0.05) is 29.8 Å². The van der Waals surface area contributed by atoms with Gasteiger partial charge in [0.05, 0.1) is 5.02 Å². The zero-order valence-corrected chi connectivity index (χ0v) is 12.9.